The molecule has 3 N–H and O–H groups in total. The van der Waals surface area contributed by atoms with Crippen LogP contribution in [0, 0.1) is 5.82 Å². The van der Waals surface area contributed by atoms with E-state index >= 15 is 0 Å². The highest BCUT2D eigenvalue weighted by Gasteiger charge is 2.26. The minimum absolute atomic E-state index is 0.0295. The topological polar surface area (TPSA) is 159 Å². The molecule has 0 atom stereocenters. The van der Waals surface area contributed by atoms with Gasteiger partial charge in [0.2, 0.25) is 11.6 Å². The third-order valence-corrected chi connectivity index (χ3v) is 6.81. The Labute approximate surface area is 239 Å². The SMILES string of the molecule is COc1cc(C=NNC(=O)c2nnn(-c3nonc3N)c2CN2CCCCC2)ccc1OCc1ccc(F)cc1Cl. The second-order valence-electron chi connectivity index (χ2n) is 9.24. The van der Waals surface area contributed by atoms with Crippen LogP contribution in [-0.2, 0) is 13.2 Å². The second kappa shape index (κ2) is 12.7. The molecule has 1 aliphatic heterocycles. The van der Waals surface area contributed by atoms with Crippen molar-refractivity contribution in [2.24, 2.45) is 5.10 Å². The lowest BCUT2D eigenvalue weighted by molar-refractivity contribution is 0.0947. The van der Waals surface area contributed by atoms with E-state index in [-0.39, 0.29) is 29.0 Å². The summed E-state index contributed by atoms with van der Waals surface area (Å²) < 4.78 is 30.6. The predicted molar refractivity (Wildman–Crippen MR) is 147 cm³/mol. The van der Waals surface area contributed by atoms with Crippen LogP contribution in [0.4, 0.5) is 10.2 Å². The van der Waals surface area contributed by atoms with Crippen LogP contribution < -0.4 is 20.6 Å². The normalized spacial score (nSPS) is 13.9. The van der Waals surface area contributed by atoms with Crippen LogP contribution in [-0.4, -0.2) is 62.5 Å². The Morgan fingerprint density at radius 2 is 2.02 bits per heavy atom. The van der Waals surface area contributed by atoms with Gasteiger partial charge in [0, 0.05) is 12.1 Å². The summed E-state index contributed by atoms with van der Waals surface area (Å²) in [6, 6.07) is 9.21. The standard InChI is InChI=1S/C26H27ClFN9O4/c1-39-22-11-16(5-8-21(22)40-15-17-6-7-18(28)12-19(17)27)13-30-32-26(38)23-20(14-36-9-3-2-4-10-36)37(35-31-23)25-24(29)33-41-34-25/h5-8,11-13H,2-4,9-10,14-15H2,1H3,(H2,29,33)(H,32,38). The Morgan fingerprint density at radius 3 is 2.76 bits per heavy atom. The zero-order valence-corrected chi connectivity index (χ0v) is 22.8. The van der Waals surface area contributed by atoms with Gasteiger partial charge in [-0.2, -0.15) is 9.78 Å². The van der Waals surface area contributed by atoms with E-state index in [2.05, 4.69) is 36.1 Å². The molecule has 0 aliphatic carbocycles. The Hall–Kier alpha value is -4.56. The number of halogens is 2. The number of nitrogens with two attached hydrogens (primary N) is 1. The first kappa shape index (κ1) is 28.0. The maximum atomic E-state index is 13.3. The lowest BCUT2D eigenvalue weighted by Crippen LogP contribution is -2.31. The Kier molecular flexibility index (Phi) is 8.70. The molecule has 2 aromatic carbocycles. The van der Waals surface area contributed by atoms with E-state index in [4.69, 9.17) is 31.4 Å². The highest BCUT2D eigenvalue weighted by molar-refractivity contribution is 6.31. The summed E-state index contributed by atoms with van der Waals surface area (Å²) in [4.78, 5) is 15.3. The molecule has 0 bridgehead atoms. The number of nitrogens with zero attached hydrogens (tertiary/aromatic N) is 7. The Balaban J connectivity index is 1.28. The van der Waals surface area contributed by atoms with Crippen molar-refractivity contribution in [1.82, 2.24) is 35.6 Å². The van der Waals surface area contributed by atoms with Crippen LogP contribution in [0.3, 0.4) is 0 Å². The van der Waals surface area contributed by atoms with Crippen molar-refractivity contribution in [3.63, 3.8) is 0 Å². The van der Waals surface area contributed by atoms with Crippen LogP contribution in [0.5, 0.6) is 11.5 Å². The van der Waals surface area contributed by atoms with Crippen molar-refractivity contribution in [2.45, 2.75) is 32.4 Å². The molecule has 5 rings (SSSR count). The summed E-state index contributed by atoms with van der Waals surface area (Å²) in [6.07, 6.45) is 4.74. The van der Waals surface area contributed by atoms with Crippen LogP contribution in [0.15, 0.2) is 46.1 Å². The predicted octanol–water partition coefficient (Wildman–Crippen LogP) is 3.36. The number of likely N-dealkylation sites (tertiary alicyclic amines) is 1. The minimum atomic E-state index is -0.558. The molecule has 0 spiro atoms. The summed E-state index contributed by atoms with van der Waals surface area (Å²) in [7, 11) is 1.50. The van der Waals surface area contributed by atoms with E-state index in [1.807, 2.05) is 0 Å². The zero-order valence-electron chi connectivity index (χ0n) is 22.1. The summed E-state index contributed by atoms with van der Waals surface area (Å²) in [5, 5.41) is 19.9. The van der Waals surface area contributed by atoms with Gasteiger partial charge in [0.05, 0.1) is 24.0 Å². The lowest BCUT2D eigenvalue weighted by atomic mass is 10.1. The molecular formula is C26H27ClFN9O4. The number of piperidine rings is 1. The van der Waals surface area contributed by atoms with Crippen LogP contribution in [0.25, 0.3) is 5.82 Å². The molecule has 13 nitrogen and oxygen atoms in total. The summed E-state index contributed by atoms with van der Waals surface area (Å²) >= 11 is 6.08. The number of ether oxygens (including phenoxy) is 2. The minimum Gasteiger partial charge on any atom is -0.493 e. The average molecular weight is 584 g/mol. The molecule has 0 radical (unpaired) electrons. The number of nitrogen functional groups attached to an aromatic ring is 1. The van der Waals surface area contributed by atoms with Crippen LogP contribution >= 0.6 is 11.6 Å². The van der Waals surface area contributed by atoms with Crippen molar-refractivity contribution in [3.8, 4) is 17.3 Å². The number of hydrogen-bond acceptors (Lipinski definition) is 11. The van der Waals surface area contributed by atoms with Gasteiger partial charge in [0.25, 0.3) is 5.91 Å². The van der Waals surface area contributed by atoms with Crippen molar-refractivity contribution in [1.29, 1.82) is 0 Å². The number of hydrogen-bond donors (Lipinski definition) is 2. The molecule has 1 amide bonds. The van der Waals surface area contributed by atoms with Gasteiger partial charge in [0.1, 0.15) is 12.4 Å². The quantitative estimate of drug-likeness (QED) is 0.209. The molecule has 2 aromatic heterocycles. The van der Waals surface area contributed by atoms with E-state index in [0.29, 0.717) is 34.9 Å². The van der Waals surface area contributed by atoms with Gasteiger partial charge in [-0.3, -0.25) is 9.69 Å². The highest BCUT2D eigenvalue weighted by atomic mass is 35.5. The summed E-state index contributed by atoms with van der Waals surface area (Å²) in [6.45, 7) is 2.30. The summed E-state index contributed by atoms with van der Waals surface area (Å²) in [5.74, 6) is 0.0910. The first-order chi connectivity index (χ1) is 19.9. The fourth-order valence-electron chi connectivity index (χ4n) is 4.35. The number of methoxy groups -OCH3 is 1. The Bertz CT molecular complexity index is 1550. The number of nitrogens with one attached hydrogen (secondary N) is 1. The molecule has 0 unspecified atom stereocenters. The number of carbonyl (C=O) groups excluding carboxylic acids is 1. The van der Waals surface area contributed by atoms with Gasteiger partial charge in [0.15, 0.2) is 17.2 Å². The van der Waals surface area contributed by atoms with E-state index in [1.165, 1.54) is 30.1 Å². The van der Waals surface area contributed by atoms with Gasteiger partial charge >= 0.3 is 0 Å². The van der Waals surface area contributed by atoms with Crippen molar-refractivity contribution in [2.75, 3.05) is 25.9 Å². The average Bonchev–Trinajstić information content (AvgIpc) is 3.58. The zero-order chi connectivity index (χ0) is 28.8. The molecule has 0 saturated carbocycles. The summed E-state index contributed by atoms with van der Waals surface area (Å²) in [5.41, 5.74) is 10.2. The van der Waals surface area contributed by atoms with E-state index in [0.717, 1.165) is 32.4 Å². The van der Waals surface area contributed by atoms with Crippen molar-refractivity contribution < 1.29 is 23.3 Å². The van der Waals surface area contributed by atoms with Gasteiger partial charge in [-0.1, -0.05) is 29.3 Å². The van der Waals surface area contributed by atoms with E-state index in [9.17, 15) is 9.18 Å². The van der Waals surface area contributed by atoms with Gasteiger partial charge in [-0.15, -0.1) is 5.10 Å². The molecule has 214 valence electrons. The second-order valence-corrected chi connectivity index (χ2v) is 9.65. The number of carbonyl (C=O) groups is 1. The molecule has 3 heterocycles. The number of benzene rings is 2. The smallest absolute Gasteiger partial charge is 0.293 e. The third kappa shape index (κ3) is 6.61. The van der Waals surface area contributed by atoms with Crippen LogP contribution in [0.1, 0.15) is 46.6 Å². The van der Waals surface area contributed by atoms with Gasteiger partial charge < -0.3 is 15.2 Å². The number of amides is 1. The molecule has 15 heteroatoms. The highest BCUT2D eigenvalue weighted by Crippen LogP contribution is 2.29. The third-order valence-electron chi connectivity index (χ3n) is 6.46. The first-order valence-corrected chi connectivity index (χ1v) is 13.1. The number of anilines is 1. The monoisotopic (exact) mass is 583 g/mol. The fraction of sp³-hybridized carbons (Fsp3) is 0.308. The lowest BCUT2D eigenvalue weighted by Gasteiger charge is -2.26. The maximum absolute atomic E-state index is 13.3. The molecular weight excluding hydrogens is 557 g/mol. The largest absolute Gasteiger partial charge is 0.493 e. The molecule has 41 heavy (non-hydrogen) atoms. The van der Waals surface area contributed by atoms with Crippen molar-refractivity contribution >= 4 is 29.5 Å². The number of aromatic nitrogens is 5. The molecule has 4 aromatic rings. The molecule has 1 aliphatic rings. The fourth-order valence-corrected chi connectivity index (χ4v) is 4.58. The number of rotatable bonds is 10. The van der Waals surface area contributed by atoms with E-state index < -0.39 is 11.7 Å². The first-order valence-electron chi connectivity index (χ1n) is 12.8. The van der Waals surface area contributed by atoms with Crippen molar-refractivity contribution in [3.05, 3.63) is 69.8 Å². The van der Waals surface area contributed by atoms with Gasteiger partial charge in [-0.05, 0) is 72.1 Å². The van der Waals surface area contributed by atoms with E-state index in [1.54, 1.807) is 24.3 Å². The van der Waals surface area contributed by atoms with Crippen LogP contribution in [0.2, 0.25) is 5.02 Å². The number of hydrazone groups is 1. The maximum Gasteiger partial charge on any atom is 0.293 e. The Morgan fingerprint density at radius 1 is 1.20 bits per heavy atom. The van der Waals surface area contributed by atoms with Gasteiger partial charge in [-0.25, -0.2) is 14.4 Å². The molecule has 1 fully saturated rings. The molecule has 1 saturated heterocycles.